The first-order valence-corrected chi connectivity index (χ1v) is 6.22. The number of rotatable bonds is 6. The fourth-order valence-corrected chi connectivity index (χ4v) is 1.82. The van der Waals surface area contributed by atoms with Gasteiger partial charge in [0.25, 0.3) is 0 Å². The number of methoxy groups -OCH3 is 1. The van der Waals surface area contributed by atoms with Gasteiger partial charge in [-0.2, -0.15) is 0 Å². The number of nitrogens with two attached hydrogens (primary N) is 1. The molecule has 4 nitrogen and oxygen atoms in total. The number of hydrogen-bond acceptors (Lipinski definition) is 4. The second kappa shape index (κ2) is 6.75. The third kappa shape index (κ3) is 3.45. The minimum atomic E-state index is 0.0751. The molecule has 2 rings (SSSR count). The monoisotopic (exact) mass is 258 g/mol. The van der Waals surface area contributed by atoms with Crippen molar-refractivity contribution in [1.29, 1.82) is 0 Å². The maximum atomic E-state index is 5.79. The number of ether oxygens (including phenoxy) is 2. The van der Waals surface area contributed by atoms with Crippen LogP contribution in [0.25, 0.3) is 0 Å². The number of aromatic nitrogens is 1. The Balaban J connectivity index is 2.04. The Morgan fingerprint density at radius 3 is 2.47 bits per heavy atom. The van der Waals surface area contributed by atoms with Crippen LogP contribution in [0.1, 0.15) is 11.6 Å². The molecule has 19 heavy (non-hydrogen) atoms. The maximum Gasteiger partial charge on any atom is 0.161 e. The minimum absolute atomic E-state index is 0.0751. The van der Waals surface area contributed by atoms with Crippen LogP contribution in [0.5, 0.6) is 11.5 Å². The molecule has 0 saturated heterocycles. The van der Waals surface area contributed by atoms with Crippen molar-refractivity contribution in [3.63, 3.8) is 0 Å². The molecule has 1 heterocycles. The Bertz CT molecular complexity index is 503. The molecule has 1 unspecified atom stereocenters. The highest BCUT2D eigenvalue weighted by Crippen LogP contribution is 2.27. The van der Waals surface area contributed by atoms with Gasteiger partial charge in [0.1, 0.15) is 0 Å². The van der Waals surface area contributed by atoms with E-state index in [1.54, 1.807) is 13.3 Å². The average Bonchev–Trinajstić information content (AvgIpc) is 2.49. The molecule has 1 aromatic carbocycles. The lowest BCUT2D eigenvalue weighted by Gasteiger charge is -2.16. The number of para-hydroxylation sites is 2. The molecular weight excluding hydrogens is 240 g/mol. The van der Waals surface area contributed by atoms with E-state index >= 15 is 0 Å². The van der Waals surface area contributed by atoms with Gasteiger partial charge >= 0.3 is 0 Å². The van der Waals surface area contributed by atoms with Crippen molar-refractivity contribution in [1.82, 2.24) is 4.98 Å². The summed E-state index contributed by atoms with van der Waals surface area (Å²) in [5.74, 6) is 1.52. The van der Waals surface area contributed by atoms with Gasteiger partial charge < -0.3 is 15.2 Å². The second-order valence-corrected chi connectivity index (χ2v) is 4.15. The fraction of sp³-hybridized carbons (Fsp3) is 0.267. The molecule has 0 aliphatic carbocycles. The summed E-state index contributed by atoms with van der Waals surface area (Å²) in [5.41, 5.74) is 6.73. The Morgan fingerprint density at radius 1 is 1.11 bits per heavy atom. The lowest BCUT2D eigenvalue weighted by Crippen LogP contribution is -2.20. The number of benzene rings is 1. The van der Waals surface area contributed by atoms with E-state index in [0.29, 0.717) is 13.2 Å². The molecule has 0 radical (unpaired) electrons. The first-order chi connectivity index (χ1) is 9.35. The predicted molar refractivity (Wildman–Crippen MR) is 74.5 cm³/mol. The second-order valence-electron chi connectivity index (χ2n) is 4.15. The van der Waals surface area contributed by atoms with E-state index in [0.717, 1.165) is 17.2 Å². The molecule has 0 spiro atoms. The highest BCUT2D eigenvalue weighted by molar-refractivity contribution is 5.39. The SMILES string of the molecule is COc1ccccc1OCC(CN)c1ccccn1. The van der Waals surface area contributed by atoms with Gasteiger partial charge in [-0.3, -0.25) is 4.98 Å². The van der Waals surface area contributed by atoms with E-state index in [1.807, 2.05) is 42.5 Å². The largest absolute Gasteiger partial charge is 0.493 e. The number of nitrogens with zero attached hydrogens (tertiary/aromatic N) is 1. The standard InChI is InChI=1S/C15H18N2O2/c1-18-14-7-2-3-8-15(14)19-11-12(10-16)13-6-4-5-9-17-13/h2-9,12H,10-11,16H2,1H3. The molecule has 0 aliphatic rings. The molecule has 1 atom stereocenters. The van der Waals surface area contributed by atoms with Crippen molar-refractivity contribution in [2.45, 2.75) is 5.92 Å². The zero-order chi connectivity index (χ0) is 13.5. The van der Waals surface area contributed by atoms with Crippen LogP contribution in [0.2, 0.25) is 0 Å². The van der Waals surface area contributed by atoms with Crippen molar-refractivity contribution in [3.8, 4) is 11.5 Å². The summed E-state index contributed by atoms with van der Waals surface area (Å²) < 4.78 is 11.0. The van der Waals surface area contributed by atoms with Crippen molar-refractivity contribution in [2.24, 2.45) is 5.73 Å². The van der Waals surface area contributed by atoms with Gasteiger partial charge in [-0.1, -0.05) is 18.2 Å². The quantitative estimate of drug-likeness (QED) is 0.863. The van der Waals surface area contributed by atoms with Crippen LogP contribution >= 0.6 is 0 Å². The third-order valence-electron chi connectivity index (χ3n) is 2.90. The summed E-state index contributed by atoms with van der Waals surface area (Å²) in [5, 5.41) is 0. The maximum absolute atomic E-state index is 5.79. The smallest absolute Gasteiger partial charge is 0.161 e. The zero-order valence-corrected chi connectivity index (χ0v) is 11.0. The molecule has 2 N–H and O–H groups in total. The Hall–Kier alpha value is -2.07. The molecule has 0 aliphatic heterocycles. The molecule has 100 valence electrons. The molecule has 0 fully saturated rings. The highest BCUT2D eigenvalue weighted by Gasteiger charge is 2.13. The number of hydrogen-bond donors (Lipinski definition) is 1. The Labute approximate surface area is 113 Å². The van der Waals surface area contributed by atoms with E-state index < -0.39 is 0 Å². The van der Waals surface area contributed by atoms with Gasteiger partial charge in [0, 0.05) is 24.4 Å². The summed E-state index contributed by atoms with van der Waals surface area (Å²) in [4.78, 5) is 4.31. The van der Waals surface area contributed by atoms with Gasteiger partial charge in [0.2, 0.25) is 0 Å². The summed E-state index contributed by atoms with van der Waals surface area (Å²) in [6.07, 6.45) is 1.76. The molecule has 1 aromatic heterocycles. The van der Waals surface area contributed by atoms with E-state index in [2.05, 4.69) is 4.98 Å². The summed E-state index contributed by atoms with van der Waals surface area (Å²) in [6, 6.07) is 13.4. The van der Waals surface area contributed by atoms with Crippen LogP contribution in [0.15, 0.2) is 48.7 Å². The van der Waals surface area contributed by atoms with E-state index in [1.165, 1.54) is 0 Å². The van der Waals surface area contributed by atoms with Crippen LogP contribution in [0.4, 0.5) is 0 Å². The molecule has 4 heteroatoms. The molecule has 0 amide bonds. The lowest BCUT2D eigenvalue weighted by atomic mass is 10.1. The Morgan fingerprint density at radius 2 is 1.84 bits per heavy atom. The van der Waals surface area contributed by atoms with Gasteiger partial charge in [-0.25, -0.2) is 0 Å². The van der Waals surface area contributed by atoms with Gasteiger partial charge in [0.05, 0.1) is 13.7 Å². The normalized spacial score (nSPS) is 11.9. The van der Waals surface area contributed by atoms with Crippen molar-refractivity contribution >= 4 is 0 Å². The molecular formula is C15H18N2O2. The van der Waals surface area contributed by atoms with Gasteiger partial charge in [-0.15, -0.1) is 0 Å². The van der Waals surface area contributed by atoms with Crippen LogP contribution in [0.3, 0.4) is 0 Å². The predicted octanol–water partition coefficient (Wildman–Crippen LogP) is 2.21. The van der Waals surface area contributed by atoms with E-state index in [4.69, 9.17) is 15.2 Å². The van der Waals surface area contributed by atoms with Gasteiger partial charge in [-0.05, 0) is 24.3 Å². The van der Waals surface area contributed by atoms with Crippen molar-refractivity contribution in [3.05, 3.63) is 54.4 Å². The van der Waals surface area contributed by atoms with Gasteiger partial charge in [0.15, 0.2) is 11.5 Å². The Kier molecular flexibility index (Phi) is 4.75. The van der Waals surface area contributed by atoms with E-state index in [-0.39, 0.29) is 5.92 Å². The topological polar surface area (TPSA) is 57.4 Å². The molecule has 0 bridgehead atoms. The molecule has 0 saturated carbocycles. The van der Waals surface area contributed by atoms with E-state index in [9.17, 15) is 0 Å². The molecule has 2 aromatic rings. The van der Waals surface area contributed by atoms with Crippen LogP contribution < -0.4 is 15.2 Å². The van der Waals surface area contributed by atoms with Crippen molar-refractivity contribution < 1.29 is 9.47 Å². The fourth-order valence-electron chi connectivity index (χ4n) is 1.82. The number of pyridine rings is 1. The highest BCUT2D eigenvalue weighted by atomic mass is 16.5. The van der Waals surface area contributed by atoms with Crippen LogP contribution in [-0.2, 0) is 0 Å². The van der Waals surface area contributed by atoms with Crippen LogP contribution in [-0.4, -0.2) is 25.2 Å². The van der Waals surface area contributed by atoms with Crippen LogP contribution in [0, 0.1) is 0 Å². The first kappa shape index (κ1) is 13.4. The summed E-state index contributed by atoms with van der Waals surface area (Å²) in [7, 11) is 1.63. The summed E-state index contributed by atoms with van der Waals surface area (Å²) in [6.45, 7) is 0.972. The lowest BCUT2D eigenvalue weighted by molar-refractivity contribution is 0.271. The minimum Gasteiger partial charge on any atom is -0.493 e. The van der Waals surface area contributed by atoms with Crippen molar-refractivity contribution in [2.75, 3.05) is 20.3 Å². The zero-order valence-electron chi connectivity index (χ0n) is 11.0. The average molecular weight is 258 g/mol. The first-order valence-electron chi connectivity index (χ1n) is 6.22. The third-order valence-corrected chi connectivity index (χ3v) is 2.90. The summed E-state index contributed by atoms with van der Waals surface area (Å²) >= 11 is 0.